The van der Waals surface area contributed by atoms with Gasteiger partial charge >= 0.3 is 5.97 Å². The zero-order valence-corrected chi connectivity index (χ0v) is 19.0. The van der Waals surface area contributed by atoms with Gasteiger partial charge in [-0.1, -0.05) is 11.6 Å². The van der Waals surface area contributed by atoms with Crippen LogP contribution < -0.4 is 15.8 Å². The molecule has 2 heterocycles. The first-order chi connectivity index (χ1) is 14.2. The molecule has 2 unspecified atom stereocenters. The van der Waals surface area contributed by atoms with Gasteiger partial charge in [0.1, 0.15) is 0 Å². The largest absolute Gasteiger partial charge is 0.461 e. The number of esters is 1. The van der Waals surface area contributed by atoms with E-state index in [1.54, 1.807) is 54.5 Å². The van der Waals surface area contributed by atoms with Crippen LogP contribution >= 0.6 is 23.4 Å². The number of rotatable bonds is 4. The van der Waals surface area contributed by atoms with Crippen LogP contribution in [-0.4, -0.2) is 65.7 Å². The van der Waals surface area contributed by atoms with Crippen LogP contribution in [-0.2, 0) is 14.3 Å². The highest BCUT2D eigenvalue weighted by atomic mass is 35.5. The molecule has 0 radical (unpaired) electrons. The van der Waals surface area contributed by atoms with Crippen LogP contribution in [0.2, 0.25) is 5.02 Å². The first-order valence-corrected chi connectivity index (χ1v) is 10.6. The zero-order chi connectivity index (χ0) is 22.1. The molecule has 2 N–H and O–H groups in total. The number of carbonyl (C=O) groups is 2. The maximum Gasteiger partial charge on any atom is 0.365 e. The number of hydrazine groups is 1. The molecule has 0 aliphatic carbocycles. The van der Waals surface area contributed by atoms with E-state index in [2.05, 4.69) is 15.8 Å². The molecule has 0 saturated carbocycles. The molecule has 1 amide bonds. The van der Waals surface area contributed by atoms with Gasteiger partial charge in [0.2, 0.25) is 5.04 Å². The van der Waals surface area contributed by atoms with Crippen molar-refractivity contribution in [2.24, 2.45) is 5.10 Å². The molecule has 1 aromatic carbocycles. The second-order valence-electron chi connectivity index (χ2n) is 7.04. The van der Waals surface area contributed by atoms with Gasteiger partial charge in [0, 0.05) is 32.4 Å². The fraction of sp³-hybridized carbons (Fsp3) is 0.421. The van der Waals surface area contributed by atoms with E-state index in [1.165, 1.54) is 0 Å². The number of halogens is 1. The van der Waals surface area contributed by atoms with E-state index in [9.17, 15) is 9.59 Å². The number of nitrogens with one attached hydrogen (secondary N) is 2. The molecule has 1 aromatic rings. The fourth-order valence-electron chi connectivity index (χ4n) is 3.13. The minimum absolute atomic E-state index is 0.133. The van der Waals surface area contributed by atoms with Gasteiger partial charge in [-0.25, -0.2) is 15.2 Å². The number of ether oxygens (including phenoxy) is 1. The predicted molar refractivity (Wildman–Crippen MR) is 119 cm³/mol. The Morgan fingerprint density at radius 3 is 2.67 bits per heavy atom. The number of carbonyl (C=O) groups excluding carboxylic acids is 2. The monoisotopic (exact) mass is 452 g/mol. The Morgan fingerprint density at radius 1 is 1.40 bits per heavy atom. The zero-order valence-electron chi connectivity index (χ0n) is 17.5. The van der Waals surface area contributed by atoms with Crippen molar-refractivity contribution in [1.29, 1.82) is 0 Å². The van der Waals surface area contributed by atoms with Gasteiger partial charge in [0.05, 0.1) is 23.9 Å². The first-order valence-electron chi connectivity index (χ1n) is 9.39. The minimum Gasteiger partial charge on any atom is -0.461 e. The number of amides is 1. The van der Waals surface area contributed by atoms with E-state index < -0.39 is 11.1 Å². The van der Waals surface area contributed by atoms with Gasteiger partial charge in [-0.15, -0.1) is 0 Å². The molecule has 0 aromatic heterocycles. The average Bonchev–Trinajstić information content (AvgIpc) is 3.03. The summed E-state index contributed by atoms with van der Waals surface area (Å²) >= 11 is 7.14. The lowest BCUT2D eigenvalue weighted by atomic mass is 10.1. The van der Waals surface area contributed by atoms with Crippen LogP contribution in [0, 0.1) is 0 Å². The molecule has 3 rings (SSSR count). The lowest BCUT2D eigenvalue weighted by Gasteiger charge is -2.41. The normalized spacial score (nSPS) is 25.9. The Kier molecular flexibility index (Phi) is 6.61. The summed E-state index contributed by atoms with van der Waals surface area (Å²) in [6.45, 7) is 3.84. The van der Waals surface area contributed by atoms with Gasteiger partial charge in [-0.3, -0.25) is 4.79 Å². The van der Waals surface area contributed by atoms with Crippen LogP contribution in [0.15, 0.2) is 41.1 Å². The van der Waals surface area contributed by atoms with Crippen molar-refractivity contribution in [2.45, 2.75) is 25.0 Å². The third kappa shape index (κ3) is 4.27. The van der Waals surface area contributed by atoms with Crippen LogP contribution in [0.25, 0.3) is 0 Å². The van der Waals surface area contributed by atoms with E-state index in [1.807, 2.05) is 25.9 Å². The Balaban J connectivity index is 2.08. The highest BCUT2D eigenvalue weighted by Crippen LogP contribution is 2.42. The highest BCUT2D eigenvalue weighted by molar-refractivity contribution is 8.17. The number of hydrazone groups is 1. The standard InChI is InChI=1S/C19H25ClN6O3S/c1-6-29-18(28)17-23-26(14-9-7-13(20)8-10-14)19(30-17)21-16(27)15(11-24(3)4)12(2)22-25(19)5/h7-12,22H,6H2,1-5H3,(H,21,27)/b15-11+. The lowest BCUT2D eigenvalue weighted by Crippen LogP contribution is -2.66. The molecular weight excluding hydrogens is 428 g/mol. The van der Waals surface area contributed by atoms with E-state index in [0.29, 0.717) is 16.3 Å². The topological polar surface area (TPSA) is 89.5 Å². The van der Waals surface area contributed by atoms with Crippen molar-refractivity contribution in [1.82, 2.24) is 20.7 Å². The third-order valence-electron chi connectivity index (χ3n) is 4.48. The first kappa shape index (κ1) is 22.4. The number of hydrogen-bond acceptors (Lipinski definition) is 9. The van der Waals surface area contributed by atoms with Gasteiger partial charge in [-0.2, -0.15) is 10.1 Å². The smallest absolute Gasteiger partial charge is 0.365 e. The molecule has 9 nitrogen and oxygen atoms in total. The molecule has 2 atom stereocenters. The SMILES string of the molecule is CCOC(=O)C1=NN(c2ccc(Cl)cc2)C2(NC(=O)/C(=C/N(C)C)C(C)NN2C)S1. The Morgan fingerprint density at radius 2 is 2.07 bits per heavy atom. The van der Waals surface area contributed by atoms with E-state index >= 15 is 0 Å². The second-order valence-corrected chi connectivity index (χ2v) is 8.63. The third-order valence-corrected chi connectivity index (χ3v) is 6.01. The van der Waals surface area contributed by atoms with Crippen LogP contribution in [0.4, 0.5) is 5.69 Å². The highest BCUT2D eigenvalue weighted by Gasteiger charge is 2.54. The van der Waals surface area contributed by atoms with Crippen molar-refractivity contribution in [3.8, 4) is 0 Å². The molecule has 11 heteroatoms. The summed E-state index contributed by atoms with van der Waals surface area (Å²) in [5.74, 6) is -0.831. The molecular formula is C19H25ClN6O3S. The summed E-state index contributed by atoms with van der Waals surface area (Å²) in [6, 6.07) is 6.70. The molecule has 0 bridgehead atoms. The van der Waals surface area contributed by atoms with E-state index in [4.69, 9.17) is 16.3 Å². The van der Waals surface area contributed by atoms with E-state index in [-0.39, 0.29) is 23.6 Å². The summed E-state index contributed by atoms with van der Waals surface area (Å²) in [4.78, 5) is 27.5. The summed E-state index contributed by atoms with van der Waals surface area (Å²) in [6.07, 6.45) is 1.76. The van der Waals surface area contributed by atoms with Crippen molar-refractivity contribution in [2.75, 3.05) is 32.8 Å². The summed E-state index contributed by atoms with van der Waals surface area (Å²) in [5.41, 5.74) is 4.50. The molecule has 1 fully saturated rings. The average molecular weight is 453 g/mol. The quantitative estimate of drug-likeness (QED) is 0.528. The fourth-order valence-corrected chi connectivity index (χ4v) is 4.36. The maximum absolute atomic E-state index is 13.2. The Bertz CT molecular complexity index is 891. The number of nitrogens with zero attached hydrogens (tertiary/aromatic N) is 4. The van der Waals surface area contributed by atoms with Crippen molar-refractivity contribution in [3.63, 3.8) is 0 Å². The summed E-state index contributed by atoms with van der Waals surface area (Å²) in [7, 11) is 5.49. The van der Waals surface area contributed by atoms with Gasteiger partial charge in [0.25, 0.3) is 11.0 Å². The maximum atomic E-state index is 13.2. The van der Waals surface area contributed by atoms with Gasteiger partial charge < -0.3 is 15.0 Å². The van der Waals surface area contributed by atoms with Crippen molar-refractivity contribution < 1.29 is 14.3 Å². The predicted octanol–water partition coefficient (Wildman–Crippen LogP) is 1.78. The molecule has 1 saturated heterocycles. The van der Waals surface area contributed by atoms with Crippen LogP contribution in [0.1, 0.15) is 13.8 Å². The van der Waals surface area contributed by atoms with Gasteiger partial charge in [-0.05, 0) is 49.9 Å². The van der Waals surface area contributed by atoms with Crippen LogP contribution in [0.5, 0.6) is 0 Å². The minimum atomic E-state index is -1.23. The molecule has 2 aliphatic heterocycles. The Labute approximate surface area is 185 Å². The second kappa shape index (κ2) is 8.84. The van der Waals surface area contributed by atoms with E-state index in [0.717, 1.165) is 11.8 Å². The number of anilines is 1. The molecule has 2 aliphatic rings. The number of hydrogen-bond donors (Lipinski definition) is 2. The Hall–Kier alpha value is -2.27. The lowest BCUT2D eigenvalue weighted by molar-refractivity contribution is -0.134. The van der Waals surface area contributed by atoms with Crippen molar-refractivity contribution >= 4 is 46.0 Å². The number of benzene rings is 1. The molecule has 1 spiro atoms. The van der Waals surface area contributed by atoms with Crippen LogP contribution in [0.3, 0.4) is 0 Å². The molecule has 30 heavy (non-hydrogen) atoms. The van der Waals surface area contributed by atoms with Crippen molar-refractivity contribution in [3.05, 3.63) is 41.1 Å². The summed E-state index contributed by atoms with van der Waals surface area (Å²) in [5, 5.41) is 10.3. The molecule has 162 valence electrons. The number of thioether (sulfide) groups is 1. The summed E-state index contributed by atoms with van der Waals surface area (Å²) < 4.78 is 5.14. The van der Waals surface area contributed by atoms with Gasteiger partial charge in [0.15, 0.2) is 0 Å².